The highest BCUT2D eigenvalue weighted by Crippen LogP contribution is 2.35. The second kappa shape index (κ2) is 11.7. The van der Waals surface area contributed by atoms with Gasteiger partial charge in [0.15, 0.2) is 0 Å². The van der Waals surface area contributed by atoms with Crippen molar-refractivity contribution in [3.05, 3.63) is 70.3 Å². The van der Waals surface area contributed by atoms with Gasteiger partial charge >= 0.3 is 0 Å². The van der Waals surface area contributed by atoms with Crippen LogP contribution in [0, 0.1) is 11.6 Å². The number of hydrogen-bond donors (Lipinski definition) is 6. The van der Waals surface area contributed by atoms with Crippen molar-refractivity contribution < 1.29 is 39.4 Å². The van der Waals surface area contributed by atoms with E-state index in [4.69, 9.17) is 0 Å². The molecule has 0 aliphatic rings. The normalized spacial score (nSPS) is 18.1. The largest absolute Gasteiger partial charge is 0.394 e. The summed E-state index contributed by atoms with van der Waals surface area (Å²) in [5.74, 6) is -1.00. The molecule has 0 spiro atoms. The molecule has 0 amide bonds. The van der Waals surface area contributed by atoms with Crippen molar-refractivity contribution in [2.75, 3.05) is 6.61 Å². The van der Waals surface area contributed by atoms with Gasteiger partial charge in [-0.3, -0.25) is 0 Å². The molecular weight excluding hydrogens is 446 g/mol. The van der Waals surface area contributed by atoms with E-state index in [9.17, 15) is 39.4 Å². The quantitative estimate of drug-likeness (QED) is 0.275. The van der Waals surface area contributed by atoms with Crippen LogP contribution in [0.15, 0.2) is 36.4 Å². The van der Waals surface area contributed by atoms with Crippen LogP contribution in [0.3, 0.4) is 0 Å². The highest BCUT2D eigenvalue weighted by molar-refractivity contribution is 5.29. The Kier molecular flexibility index (Phi) is 9.71. The van der Waals surface area contributed by atoms with E-state index < -0.39 is 54.2 Å². The monoisotopic (exact) mass is 482 g/mol. The fourth-order valence-corrected chi connectivity index (χ4v) is 4.33. The Morgan fingerprint density at radius 1 is 0.794 bits per heavy atom. The molecule has 0 heterocycles. The molecule has 0 fully saturated rings. The zero-order chi connectivity index (χ0) is 25.7. The summed E-state index contributed by atoms with van der Waals surface area (Å²) in [7, 11) is 0. The summed E-state index contributed by atoms with van der Waals surface area (Å²) in [4.78, 5) is 0. The first-order valence-corrected chi connectivity index (χ1v) is 11.6. The molecule has 0 saturated carbocycles. The molecule has 2 aromatic rings. The molecule has 0 aromatic heterocycles. The van der Waals surface area contributed by atoms with Gasteiger partial charge in [0.2, 0.25) is 0 Å². The smallest absolute Gasteiger partial charge is 0.126 e. The number of hydrogen-bond acceptors (Lipinski definition) is 6. The van der Waals surface area contributed by atoms with Gasteiger partial charge in [-0.2, -0.15) is 0 Å². The predicted octanol–water partition coefficient (Wildman–Crippen LogP) is 1.82. The molecule has 8 heteroatoms. The number of aryl methyl sites for hydroxylation is 2. The minimum Gasteiger partial charge on any atom is -0.394 e. The Morgan fingerprint density at radius 2 is 1.26 bits per heavy atom. The number of halogens is 2. The molecule has 190 valence electrons. The molecule has 0 aliphatic carbocycles. The molecule has 2 rings (SSSR count). The number of rotatable bonds is 12. The Hall–Kier alpha value is -1.94. The third kappa shape index (κ3) is 6.00. The summed E-state index contributed by atoms with van der Waals surface area (Å²) in [6.07, 6.45) is -5.96. The molecule has 5 atom stereocenters. The van der Waals surface area contributed by atoms with Crippen molar-refractivity contribution in [3.8, 4) is 0 Å². The van der Waals surface area contributed by atoms with Crippen molar-refractivity contribution in [1.82, 2.24) is 0 Å². The summed E-state index contributed by atoms with van der Waals surface area (Å²) >= 11 is 0. The average Bonchev–Trinajstić information content (AvgIpc) is 2.82. The van der Waals surface area contributed by atoms with E-state index in [2.05, 4.69) is 0 Å². The van der Waals surface area contributed by atoms with E-state index in [1.807, 2.05) is 0 Å². The van der Waals surface area contributed by atoms with Crippen molar-refractivity contribution >= 4 is 0 Å². The van der Waals surface area contributed by atoms with Crippen LogP contribution in [0.4, 0.5) is 8.78 Å². The van der Waals surface area contributed by atoms with Crippen molar-refractivity contribution in [2.24, 2.45) is 0 Å². The van der Waals surface area contributed by atoms with Gasteiger partial charge in [-0.15, -0.1) is 0 Å². The van der Waals surface area contributed by atoms with Crippen molar-refractivity contribution in [1.29, 1.82) is 0 Å². The Bertz CT molecular complexity index is 955. The summed E-state index contributed by atoms with van der Waals surface area (Å²) in [6.45, 7) is 4.20. The highest BCUT2D eigenvalue weighted by atomic mass is 19.1. The van der Waals surface area contributed by atoms with Crippen LogP contribution in [-0.2, 0) is 25.7 Å². The first-order chi connectivity index (χ1) is 15.9. The fraction of sp³-hybridized carbons (Fsp3) is 0.538. The van der Waals surface area contributed by atoms with Crippen LogP contribution in [0.25, 0.3) is 0 Å². The molecule has 2 aromatic carbocycles. The van der Waals surface area contributed by atoms with Crippen LogP contribution in [0.1, 0.15) is 49.4 Å². The first-order valence-electron chi connectivity index (χ1n) is 11.6. The Morgan fingerprint density at radius 3 is 1.65 bits per heavy atom. The van der Waals surface area contributed by atoms with E-state index in [1.54, 1.807) is 32.9 Å². The van der Waals surface area contributed by atoms with Gasteiger partial charge in [-0.05, 0) is 53.6 Å². The minimum absolute atomic E-state index is 0.0985. The Labute approximate surface area is 199 Å². The lowest BCUT2D eigenvalue weighted by Gasteiger charge is -2.45. The molecule has 6 N–H and O–H groups in total. The maximum Gasteiger partial charge on any atom is 0.126 e. The highest BCUT2D eigenvalue weighted by Gasteiger charge is 2.53. The van der Waals surface area contributed by atoms with Crippen LogP contribution in [0.5, 0.6) is 0 Å². The SMILES string of the molecule is CCc1ccc(CC(O)(CC)[C@@H](O)[C@@](O)(Cc2ccc(CC)c(F)c2)[C@H](O)[C@@H](O)CO)cc1F. The predicted molar refractivity (Wildman–Crippen MR) is 124 cm³/mol. The summed E-state index contributed by atoms with van der Waals surface area (Å²) in [5.41, 5.74) is -3.14. The maximum absolute atomic E-state index is 14.4. The van der Waals surface area contributed by atoms with Gasteiger partial charge in [0.1, 0.15) is 35.5 Å². The molecule has 1 unspecified atom stereocenters. The van der Waals surface area contributed by atoms with Crippen LogP contribution >= 0.6 is 0 Å². The van der Waals surface area contributed by atoms with Gasteiger partial charge in [0.05, 0.1) is 12.2 Å². The second-order valence-electron chi connectivity index (χ2n) is 8.96. The second-order valence-corrected chi connectivity index (χ2v) is 8.96. The average molecular weight is 483 g/mol. The molecule has 0 radical (unpaired) electrons. The zero-order valence-corrected chi connectivity index (χ0v) is 19.9. The van der Waals surface area contributed by atoms with E-state index in [-0.39, 0.29) is 18.4 Å². The van der Waals surface area contributed by atoms with E-state index in [0.717, 1.165) is 6.07 Å². The minimum atomic E-state index is -2.57. The summed E-state index contributed by atoms with van der Waals surface area (Å²) in [6, 6.07) is 8.59. The number of aliphatic hydroxyl groups is 6. The molecular formula is C26H36F2O6. The van der Waals surface area contributed by atoms with Crippen molar-refractivity contribution in [3.63, 3.8) is 0 Å². The van der Waals surface area contributed by atoms with Crippen LogP contribution in [0.2, 0.25) is 0 Å². The molecule has 0 bridgehead atoms. The van der Waals surface area contributed by atoms with Gasteiger partial charge < -0.3 is 30.6 Å². The maximum atomic E-state index is 14.4. The molecule has 6 nitrogen and oxygen atoms in total. The summed E-state index contributed by atoms with van der Waals surface area (Å²) in [5, 5.41) is 64.2. The Balaban J connectivity index is 2.48. The van der Waals surface area contributed by atoms with Gasteiger partial charge in [0.25, 0.3) is 0 Å². The van der Waals surface area contributed by atoms with Crippen LogP contribution in [-0.4, -0.2) is 66.8 Å². The molecule has 0 saturated heterocycles. The molecule has 34 heavy (non-hydrogen) atoms. The van der Waals surface area contributed by atoms with E-state index in [1.165, 1.54) is 18.2 Å². The van der Waals surface area contributed by atoms with Gasteiger partial charge in [-0.25, -0.2) is 8.78 Å². The van der Waals surface area contributed by atoms with Gasteiger partial charge in [0, 0.05) is 12.8 Å². The summed E-state index contributed by atoms with van der Waals surface area (Å²) < 4.78 is 28.7. The topological polar surface area (TPSA) is 121 Å². The lowest BCUT2D eigenvalue weighted by atomic mass is 9.72. The zero-order valence-electron chi connectivity index (χ0n) is 19.9. The lowest BCUT2D eigenvalue weighted by Crippen LogP contribution is -2.66. The van der Waals surface area contributed by atoms with Crippen LogP contribution < -0.4 is 0 Å². The van der Waals surface area contributed by atoms with Crippen molar-refractivity contribution in [2.45, 2.75) is 82.4 Å². The van der Waals surface area contributed by atoms with E-state index >= 15 is 0 Å². The van der Waals surface area contributed by atoms with E-state index in [0.29, 0.717) is 29.5 Å². The molecule has 0 aliphatic heterocycles. The van der Waals surface area contributed by atoms with Gasteiger partial charge in [-0.1, -0.05) is 45.0 Å². The standard InChI is InChI=1S/C26H36F2O6/c1-4-18-9-7-16(11-20(18)27)13-25(33,6-3)24(32)26(34,23(31)22(30)15-29)14-17-8-10-19(5-2)21(28)12-17/h7-12,22-24,29-34H,4-6,13-15H2,1-3H3/t22-,23+,24+,25?,26+/m0/s1. The third-order valence-corrected chi connectivity index (χ3v) is 6.65. The lowest BCUT2D eigenvalue weighted by molar-refractivity contribution is -0.229. The first kappa shape index (κ1) is 28.3. The number of benzene rings is 2. The number of aliphatic hydroxyl groups excluding tert-OH is 4. The third-order valence-electron chi connectivity index (χ3n) is 6.65. The fourth-order valence-electron chi connectivity index (χ4n) is 4.33.